The maximum absolute atomic E-state index is 12.5. The molecule has 0 aliphatic carbocycles. The van der Waals surface area contributed by atoms with Crippen LogP contribution in [0.25, 0.3) is 0 Å². The topological polar surface area (TPSA) is 90.7 Å². The molecule has 1 rings (SSSR count). The zero-order chi connectivity index (χ0) is 15.5. The van der Waals surface area contributed by atoms with Crippen molar-refractivity contribution in [2.45, 2.75) is 13.8 Å². The smallest absolute Gasteiger partial charge is 0.382 e. The summed E-state index contributed by atoms with van der Waals surface area (Å²) in [5.74, 6) is -0.495. The van der Waals surface area contributed by atoms with E-state index in [2.05, 4.69) is 14.4 Å². The van der Waals surface area contributed by atoms with E-state index in [1.165, 1.54) is 7.05 Å². The van der Waals surface area contributed by atoms with E-state index >= 15 is 0 Å². The summed E-state index contributed by atoms with van der Waals surface area (Å²) in [6.45, 7) is 4.42. The minimum Gasteiger partial charge on any atom is -0.382 e. The van der Waals surface area contributed by atoms with Crippen molar-refractivity contribution in [2.75, 3.05) is 25.6 Å². The van der Waals surface area contributed by atoms with Gasteiger partial charge in [-0.3, -0.25) is 10.1 Å². The van der Waals surface area contributed by atoms with Crippen molar-refractivity contribution in [1.29, 1.82) is 0 Å². The zero-order valence-corrected chi connectivity index (χ0v) is 12.4. The van der Waals surface area contributed by atoms with Crippen LogP contribution in [-0.4, -0.2) is 25.2 Å². The Labute approximate surface area is 117 Å². The average Bonchev–Trinajstić information content (AvgIpc) is 2.39. The molecule has 0 atom stereocenters. The highest BCUT2D eigenvalue weighted by molar-refractivity contribution is 7.33. The SMILES string of the molecule is CCO[P+](=O)OCC.CNc1cc(F)ccc1[N+](=O)[O-]. The van der Waals surface area contributed by atoms with Crippen LogP contribution in [0.2, 0.25) is 0 Å². The molecule has 0 heterocycles. The minimum absolute atomic E-state index is 0.126. The van der Waals surface area contributed by atoms with Gasteiger partial charge in [-0.2, -0.15) is 0 Å². The number of benzene rings is 1. The molecular formula is C11H17FN2O5P+. The molecule has 7 nitrogen and oxygen atoms in total. The normalized spacial score (nSPS) is 9.40. The van der Waals surface area contributed by atoms with Crippen LogP contribution in [0.4, 0.5) is 15.8 Å². The number of nitro benzene ring substituents is 1. The van der Waals surface area contributed by atoms with Crippen LogP contribution in [0.3, 0.4) is 0 Å². The van der Waals surface area contributed by atoms with E-state index in [9.17, 15) is 19.1 Å². The van der Waals surface area contributed by atoms with Gasteiger partial charge in [0.25, 0.3) is 5.69 Å². The minimum atomic E-state index is -1.83. The molecule has 1 aromatic carbocycles. The van der Waals surface area contributed by atoms with Crippen molar-refractivity contribution >= 4 is 19.6 Å². The summed E-state index contributed by atoms with van der Waals surface area (Å²) < 4.78 is 32.0. The summed E-state index contributed by atoms with van der Waals surface area (Å²) >= 11 is 0. The summed E-state index contributed by atoms with van der Waals surface area (Å²) in [6.07, 6.45) is 0. The van der Waals surface area contributed by atoms with Crippen LogP contribution in [0.5, 0.6) is 0 Å². The second-order valence-electron chi connectivity index (χ2n) is 3.23. The van der Waals surface area contributed by atoms with E-state index in [0.717, 1.165) is 18.2 Å². The highest BCUT2D eigenvalue weighted by Crippen LogP contribution is 2.24. The third-order valence-electron chi connectivity index (χ3n) is 1.89. The van der Waals surface area contributed by atoms with Crippen molar-refractivity contribution < 1.29 is 22.9 Å². The first-order chi connectivity index (χ1) is 9.46. The van der Waals surface area contributed by atoms with Crippen LogP contribution < -0.4 is 5.32 Å². The Kier molecular flexibility index (Phi) is 9.36. The highest BCUT2D eigenvalue weighted by atomic mass is 31.1. The molecule has 112 valence electrons. The number of anilines is 1. The summed E-state index contributed by atoms with van der Waals surface area (Å²) in [5, 5.41) is 12.9. The molecule has 0 saturated carbocycles. The van der Waals surface area contributed by atoms with E-state index in [0.29, 0.717) is 13.2 Å². The van der Waals surface area contributed by atoms with Crippen LogP contribution in [0.1, 0.15) is 13.8 Å². The summed E-state index contributed by atoms with van der Waals surface area (Å²) in [6, 6.07) is 3.26. The van der Waals surface area contributed by atoms with Gasteiger partial charge in [-0.15, -0.1) is 9.05 Å². The fraction of sp³-hybridized carbons (Fsp3) is 0.455. The number of nitrogens with one attached hydrogen (secondary N) is 1. The maximum Gasteiger partial charge on any atom is 0.697 e. The molecule has 0 bridgehead atoms. The molecule has 0 amide bonds. The van der Waals surface area contributed by atoms with Gasteiger partial charge in [0.15, 0.2) is 0 Å². The number of nitrogens with zero attached hydrogens (tertiary/aromatic N) is 1. The van der Waals surface area contributed by atoms with Gasteiger partial charge in [-0.1, -0.05) is 0 Å². The van der Waals surface area contributed by atoms with E-state index in [1.807, 2.05) is 0 Å². The Hall–Kier alpha value is -1.63. The Balaban J connectivity index is 0.000000396. The van der Waals surface area contributed by atoms with Gasteiger partial charge in [0, 0.05) is 23.7 Å². The molecule has 0 fully saturated rings. The molecule has 0 aromatic heterocycles. The molecule has 20 heavy (non-hydrogen) atoms. The summed E-state index contributed by atoms with van der Waals surface area (Å²) in [5.41, 5.74) is 0.0545. The molecule has 0 saturated heterocycles. The Morgan fingerprint density at radius 2 is 1.90 bits per heavy atom. The van der Waals surface area contributed by atoms with Crippen molar-refractivity contribution in [1.82, 2.24) is 0 Å². The number of hydrogen-bond donors (Lipinski definition) is 1. The van der Waals surface area contributed by atoms with E-state index < -0.39 is 19.0 Å². The van der Waals surface area contributed by atoms with E-state index in [-0.39, 0.29) is 11.4 Å². The second kappa shape index (κ2) is 10.2. The van der Waals surface area contributed by atoms with Crippen LogP contribution in [-0.2, 0) is 13.6 Å². The average molecular weight is 307 g/mol. The lowest BCUT2D eigenvalue weighted by atomic mass is 10.2. The first-order valence-corrected chi connectivity index (χ1v) is 6.90. The third-order valence-corrected chi connectivity index (χ3v) is 2.83. The van der Waals surface area contributed by atoms with Gasteiger partial charge in [0.1, 0.15) is 24.7 Å². The zero-order valence-electron chi connectivity index (χ0n) is 11.5. The van der Waals surface area contributed by atoms with Gasteiger partial charge < -0.3 is 5.32 Å². The van der Waals surface area contributed by atoms with Gasteiger partial charge in [-0.25, -0.2) is 4.39 Å². The van der Waals surface area contributed by atoms with Crippen molar-refractivity contribution in [3.05, 3.63) is 34.1 Å². The van der Waals surface area contributed by atoms with Crippen molar-refractivity contribution in [2.24, 2.45) is 0 Å². The summed E-state index contributed by atoms with van der Waals surface area (Å²) in [4.78, 5) is 9.77. The quantitative estimate of drug-likeness (QED) is 0.491. The molecular weight excluding hydrogens is 290 g/mol. The molecule has 0 aliphatic rings. The Morgan fingerprint density at radius 3 is 2.30 bits per heavy atom. The highest BCUT2D eigenvalue weighted by Gasteiger charge is 2.15. The molecule has 0 spiro atoms. The van der Waals surface area contributed by atoms with E-state index in [4.69, 9.17) is 0 Å². The lowest BCUT2D eigenvalue weighted by Crippen LogP contribution is -1.96. The summed E-state index contributed by atoms with van der Waals surface area (Å²) in [7, 11) is -0.329. The maximum atomic E-state index is 12.5. The van der Waals surface area contributed by atoms with Gasteiger partial charge in [0.2, 0.25) is 0 Å². The predicted octanol–water partition coefficient (Wildman–Crippen LogP) is 3.49. The van der Waals surface area contributed by atoms with E-state index in [1.54, 1.807) is 13.8 Å². The van der Waals surface area contributed by atoms with Gasteiger partial charge in [0.05, 0.1) is 4.92 Å². The predicted molar refractivity (Wildman–Crippen MR) is 73.5 cm³/mol. The fourth-order valence-electron chi connectivity index (χ4n) is 1.12. The standard InChI is InChI=1S/C7H7FN2O2.C4H10O3P/c1-9-6-4-5(8)2-3-7(6)10(11)12;1-3-6-8(5)7-4-2/h2-4,9H,1H3;3-4H2,1-2H3/q;+1. The van der Waals surface area contributed by atoms with Crippen LogP contribution in [0, 0.1) is 15.9 Å². The lowest BCUT2D eigenvalue weighted by molar-refractivity contribution is -0.384. The molecule has 1 aromatic rings. The van der Waals surface area contributed by atoms with Crippen LogP contribution >= 0.6 is 8.25 Å². The van der Waals surface area contributed by atoms with Gasteiger partial charge in [-0.05, 0) is 19.9 Å². The molecule has 9 heteroatoms. The molecule has 0 unspecified atom stereocenters. The first kappa shape index (κ1) is 18.4. The van der Waals surface area contributed by atoms with Crippen molar-refractivity contribution in [3.8, 4) is 0 Å². The first-order valence-electron chi connectivity index (χ1n) is 5.81. The number of halogens is 1. The monoisotopic (exact) mass is 307 g/mol. The van der Waals surface area contributed by atoms with Crippen LogP contribution in [0.15, 0.2) is 18.2 Å². The van der Waals surface area contributed by atoms with Crippen molar-refractivity contribution in [3.63, 3.8) is 0 Å². The fourth-order valence-corrected chi connectivity index (χ4v) is 1.61. The Morgan fingerprint density at radius 1 is 1.35 bits per heavy atom. The third kappa shape index (κ3) is 7.08. The lowest BCUT2D eigenvalue weighted by Gasteiger charge is -2.00. The largest absolute Gasteiger partial charge is 0.697 e. The Bertz CT molecular complexity index is 450. The van der Waals surface area contributed by atoms with Gasteiger partial charge >= 0.3 is 8.25 Å². The molecule has 1 N–H and O–H groups in total. The molecule has 0 aliphatic heterocycles. The number of hydrogen-bond acceptors (Lipinski definition) is 6. The number of rotatable bonds is 6. The molecule has 0 radical (unpaired) electrons. The number of nitro groups is 1. The second-order valence-corrected chi connectivity index (χ2v) is 4.19.